The van der Waals surface area contributed by atoms with Crippen LogP contribution in [0, 0.1) is 0 Å². The van der Waals surface area contributed by atoms with E-state index in [9.17, 15) is 9.59 Å². The predicted molar refractivity (Wildman–Crippen MR) is 38.2 cm³/mol. The van der Waals surface area contributed by atoms with Gasteiger partial charge < -0.3 is 9.78 Å². The summed E-state index contributed by atoms with van der Waals surface area (Å²) in [5, 5.41) is 0. The van der Waals surface area contributed by atoms with Crippen LogP contribution in [0.4, 0.5) is 0 Å². The van der Waals surface area contributed by atoms with Crippen molar-refractivity contribution < 1.29 is 9.59 Å². The van der Waals surface area contributed by atoms with Crippen LogP contribution in [0.15, 0.2) is 12.5 Å². The summed E-state index contributed by atoms with van der Waals surface area (Å²) < 4.78 is 0. The maximum absolute atomic E-state index is 11.0. The van der Waals surface area contributed by atoms with Gasteiger partial charge in [-0.15, -0.1) is 0 Å². The lowest BCUT2D eigenvalue weighted by atomic mass is 10.2. The van der Waals surface area contributed by atoms with Crippen molar-refractivity contribution in [2.45, 2.75) is 12.8 Å². The van der Waals surface area contributed by atoms with Crippen molar-refractivity contribution in [2.24, 2.45) is 0 Å². The number of rotatable bonds is 4. The number of carbonyl (C=O) groups is 2. The van der Waals surface area contributed by atoms with Crippen LogP contribution in [-0.4, -0.2) is 22.0 Å². The average Bonchev–Trinajstić information content (AvgIpc) is 2.52. The van der Waals surface area contributed by atoms with E-state index in [1.807, 2.05) is 0 Å². The number of hydrogen-bond acceptors (Lipinski definition) is 3. The number of nitrogens with one attached hydrogen (secondary N) is 1. The third kappa shape index (κ3) is 2.00. The molecule has 4 heteroatoms. The molecule has 0 aromatic carbocycles. The quantitative estimate of drug-likeness (QED) is 0.506. The minimum absolute atomic E-state index is 0.0744. The number of nitrogens with zero attached hydrogens (tertiary/aromatic N) is 1. The molecule has 0 atom stereocenters. The Balaban J connectivity index is 2.49. The summed E-state index contributed by atoms with van der Waals surface area (Å²) in [5.41, 5.74) is 0.465. The molecule has 0 aliphatic carbocycles. The number of Topliss-reactive ketones (excluding diaryl/α,β-unsaturated/α-hetero) is 1. The lowest BCUT2D eigenvalue weighted by molar-refractivity contribution is -0.107. The van der Waals surface area contributed by atoms with Gasteiger partial charge in [0, 0.05) is 12.8 Å². The zero-order valence-electron chi connectivity index (χ0n) is 5.91. The third-order valence-electron chi connectivity index (χ3n) is 1.29. The van der Waals surface area contributed by atoms with Crippen LogP contribution in [0.5, 0.6) is 0 Å². The van der Waals surface area contributed by atoms with E-state index in [0.717, 1.165) is 6.29 Å². The van der Waals surface area contributed by atoms with Crippen LogP contribution in [0.2, 0.25) is 0 Å². The Kier molecular flexibility index (Phi) is 2.54. The highest BCUT2D eigenvalue weighted by Crippen LogP contribution is 1.98. The maximum atomic E-state index is 11.0. The number of carbonyl (C=O) groups excluding carboxylic acids is 2. The summed E-state index contributed by atoms with van der Waals surface area (Å²) in [4.78, 5) is 27.3. The van der Waals surface area contributed by atoms with E-state index < -0.39 is 0 Å². The van der Waals surface area contributed by atoms with Gasteiger partial charge in [0.2, 0.25) is 0 Å². The van der Waals surface area contributed by atoms with Crippen molar-refractivity contribution in [2.75, 3.05) is 0 Å². The largest absolute Gasteiger partial charge is 0.342 e. The first-order chi connectivity index (χ1) is 5.34. The SMILES string of the molecule is O=CCCC(=O)c1cnc[nH]1. The average molecular weight is 152 g/mol. The molecule has 0 unspecified atom stereocenters. The monoisotopic (exact) mass is 152 g/mol. The normalized spacial score (nSPS) is 9.45. The second-order valence-electron chi connectivity index (χ2n) is 2.09. The van der Waals surface area contributed by atoms with Crippen molar-refractivity contribution in [3.8, 4) is 0 Å². The molecular weight excluding hydrogens is 144 g/mol. The van der Waals surface area contributed by atoms with E-state index in [1.54, 1.807) is 0 Å². The molecule has 0 aliphatic heterocycles. The standard InChI is InChI=1S/C7H8N2O2/c10-3-1-2-7(11)6-4-8-5-9-6/h3-5H,1-2H2,(H,8,9). The van der Waals surface area contributed by atoms with E-state index in [4.69, 9.17) is 0 Å². The van der Waals surface area contributed by atoms with E-state index in [-0.39, 0.29) is 18.6 Å². The Labute approximate surface area is 63.6 Å². The molecule has 1 heterocycles. The molecule has 1 aromatic heterocycles. The summed E-state index contributed by atoms with van der Waals surface area (Å²) in [7, 11) is 0. The molecule has 0 aliphatic rings. The fourth-order valence-electron chi connectivity index (χ4n) is 0.733. The number of aromatic nitrogens is 2. The van der Waals surface area contributed by atoms with Gasteiger partial charge in [-0.3, -0.25) is 4.79 Å². The minimum atomic E-state index is -0.0744. The molecule has 58 valence electrons. The molecule has 0 spiro atoms. The highest BCUT2D eigenvalue weighted by atomic mass is 16.1. The zero-order valence-corrected chi connectivity index (χ0v) is 5.91. The van der Waals surface area contributed by atoms with E-state index >= 15 is 0 Å². The van der Waals surface area contributed by atoms with Gasteiger partial charge in [-0.05, 0) is 0 Å². The number of hydrogen-bond donors (Lipinski definition) is 1. The van der Waals surface area contributed by atoms with Crippen molar-refractivity contribution in [3.63, 3.8) is 0 Å². The molecule has 1 aromatic rings. The topological polar surface area (TPSA) is 62.8 Å². The molecule has 1 rings (SSSR count). The zero-order chi connectivity index (χ0) is 8.10. The van der Waals surface area contributed by atoms with Crippen LogP contribution in [0.1, 0.15) is 23.3 Å². The molecule has 0 saturated heterocycles. The highest BCUT2D eigenvalue weighted by molar-refractivity contribution is 5.94. The summed E-state index contributed by atoms with van der Waals surface area (Å²) in [6.07, 6.45) is 4.15. The Morgan fingerprint density at radius 2 is 2.55 bits per heavy atom. The summed E-state index contributed by atoms with van der Waals surface area (Å²) >= 11 is 0. The smallest absolute Gasteiger partial charge is 0.181 e. The van der Waals surface area contributed by atoms with Gasteiger partial charge in [0.25, 0.3) is 0 Å². The fourth-order valence-corrected chi connectivity index (χ4v) is 0.733. The molecule has 0 fully saturated rings. The second kappa shape index (κ2) is 3.65. The van der Waals surface area contributed by atoms with E-state index in [0.29, 0.717) is 5.69 Å². The Morgan fingerprint density at radius 1 is 1.73 bits per heavy atom. The van der Waals surface area contributed by atoms with Crippen LogP contribution >= 0.6 is 0 Å². The van der Waals surface area contributed by atoms with Gasteiger partial charge in [-0.25, -0.2) is 4.98 Å². The van der Waals surface area contributed by atoms with Gasteiger partial charge in [-0.1, -0.05) is 0 Å². The fraction of sp³-hybridized carbons (Fsp3) is 0.286. The molecule has 11 heavy (non-hydrogen) atoms. The molecule has 1 N–H and O–H groups in total. The second-order valence-corrected chi connectivity index (χ2v) is 2.09. The van der Waals surface area contributed by atoms with Crippen molar-refractivity contribution >= 4 is 12.1 Å². The summed E-state index contributed by atoms with van der Waals surface area (Å²) in [6.45, 7) is 0. The first kappa shape index (κ1) is 7.65. The Morgan fingerprint density at radius 3 is 3.09 bits per heavy atom. The van der Waals surface area contributed by atoms with Crippen LogP contribution < -0.4 is 0 Å². The summed E-state index contributed by atoms with van der Waals surface area (Å²) in [6, 6.07) is 0. The van der Waals surface area contributed by atoms with Crippen molar-refractivity contribution in [1.29, 1.82) is 0 Å². The first-order valence-corrected chi connectivity index (χ1v) is 3.30. The lowest BCUT2D eigenvalue weighted by Crippen LogP contribution is -1.98. The maximum Gasteiger partial charge on any atom is 0.181 e. The van der Waals surface area contributed by atoms with Gasteiger partial charge >= 0.3 is 0 Å². The number of aldehydes is 1. The van der Waals surface area contributed by atoms with Crippen LogP contribution in [-0.2, 0) is 4.79 Å². The molecule has 0 bridgehead atoms. The van der Waals surface area contributed by atoms with E-state index in [2.05, 4.69) is 9.97 Å². The number of ketones is 1. The molecular formula is C7H8N2O2. The van der Waals surface area contributed by atoms with Gasteiger partial charge in [0.1, 0.15) is 12.0 Å². The van der Waals surface area contributed by atoms with Crippen LogP contribution in [0.25, 0.3) is 0 Å². The van der Waals surface area contributed by atoms with Crippen molar-refractivity contribution in [1.82, 2.24) is 9.97 Å². The molecule has 0 saturated carbocycles. The Bertz CT molecular complexity index is 241. The summed E-state index contributed by atoms with van der Waals surface area (Å²) in [5.74, 6) is -0.0744. The number of aromatic amines is 1. The molecule has 4 nitrogen and oxygen atoms in total. The number of imidazole rings is 1. The lowest BCUT2D eigenvalue weighted by Gasteiger charge is -1.90. The van der Waals surface area contributed by atoms with E-state index in [1.165, 1.54) is 12.5 Å². The minimum Gasteiger partial charge on any atom is -0.342 e. The third-order valence-corrected chi connectivity index (χ3v) is 1.29. The van der Waals surface area contributed by atoms with Gasteiger partial charge in [0.15, 0.2) is 5.78 Å². The van der Waals surface area contributed by atoms with Crippen LogP contribution in [0.3, 0.4) is 0 Å². The highest BCUT2D eigenvalue weighted by Gasteiger charge is 2.04. The van der Waals surface area contributed by atoms with Gasteiger partial charge in [0.05, 0.1) is 12.5 Å². The molecule has 0 radical (unpaired) electrons. The Hall–Kier alpha value is -1.45. The molecule has 0 amide bonds. The van der Waals surface area contributed by atoms with Crippen molar-refractivity contribution in [3.05, 3.63) is 18.2 Å². The van der Waals surface area contributed by atoms with Gasteiger partial charge in [-0.2, -0.15) is 0 Å². The predicted octanol–water partition coefficient (Wildman–Crippen LogP) is 0.571. The first-order valence-electron chi connectivity index (χ1n) is 3.30. The number of H-pyrrole nitrogens is 1.